The van der Waals surface area contributed by atoms with Gasteiger partial charge in [-0.05, 0) is 57.3 Å². The van der Waals surface area contributed by atoms with Crippen LogP contribution in [0.5, 0.6) is 11.5 Å². The third-order valence-corrected chi connectivity index (χ3v) is 5.72. The fourth-order valence-electron chi connectivity index (χ4n) is 3.90. The molecule has 1 aliphatic rings. The summed E-state index contributed by atoms with van der Waals surface area (Å²) in [4.78, 5) is 25.1. The van der Waals surface area contributed by atoms with Gasteiger partial charge in [0.15, 0.2) is 0 Å². The Kier molecular flexibility index (Phi) is 6.62. The molecule has 2 N–H and O–H groups in total. The van der Waals surface area contributed by atoms with Crippen LogP contribution in [0.15, 0.2) is 42.7 Å². The van der Waals surface area contributed by atoms with Crippen LogP contribution in [0, 0.1) is 0 Å². The van der Waals surface area contributed by atoms with Crippen LogP contribution in [0.3, 0.4) is 0 Å². The number of nitrogens with one attached hydrogen (secondary N) is 1. The number of ether oxygens (including phenoxy) is 1. The summed E-state index contributed by atoms with van der Waals surface area (Å²) in [7, 11) is 3.79. The first-order valence-electron chi connectivity index (χ1n) is 10.5. The van der Waals surface area contributed by atoms with Crippen LogP contribution in [0.1, 0.15) is 12.8 Å². The summed E-state index contributed by atoms with van der Waals surface area (Å²) in [6.07, 6.45) is 3.37. The number of aromatic hydroxyl groups is 1. The standard InChI is InChI=1S/C23H26ClN5O3/c1-28(2)12-21(31)29-10-4-5-16(29)13-32-20-7-3-6-18-22(20)23(26-14-25-18)27-15-8-9-19(30)17(24)11-15/h3,6-9,11,14,16,30H,4-5,10,12-13H2,1-2H3,(H,25,26,27)/t16-/m1/s1. The maximum atomic E-state index is 12.6. The Labute approximate surface area is 191 Å². The summed E-state index contributed by atoms with van der Waals surface area (Å²) in [5.74, 6) is 1.34. The van der Waals surface area contributed by atoms with Crippen LogP contribution >= 0.6 is 11.6 Å². The molecule has 2 aromatic carbocycles. The van der Waals surface area contributed by atoms with Crippen molar-refractivity contribution < 1.29 is 14.6 Å². The summed E-state index contributed by atoms with van der Waals surface area (Å²) in [5, 5.41) is 13.9. The Balaban J connectivity index is 1.56. The number of phenolic OH excluding ortho intramolecular Hbond substituents is 1. The number of hydrogen-bond donors (Lipinski definition) is 2. The van der Waals surface area contributed by atoms with Crippen molar-refractivity contribution in [1.82, 2.24) is 19.8 Å². The molecular weight excluding hydrogens is 430 g/mol. The van der Waals surface area contributed by atoms with E-state index in [0.717, 1.165) is 30.3 Å². The molecule has 1 aromatic heterocycles. The second kappa shape index (κ2) is 9.58. The topological polar surface area (TPSA) is 90.8 Å². The third kappa shape index (κ3) is 4.87. The molecule has 1 atom stereocenters. The molecule has 0 saturated carbocycles. The SMILES string of the molecule is CN(C)CC(=O)N1CCC[C@@H]1COc1cccc2ncnc(Nc3ccc(O)c(Cl)c3)c12. The van der Waals surface area contributed by atoms with E-state index in [9.17, 15) is 9.90 Å². The first kappa shape index (κ1) is 22.1. The molecule has 4 rings (SSSR count). The van der Waals surface area contributed by atoms with Crippen molar-refractivity contribution >= 4 is 39.9 Å². The monoisotopic (exact) mass is 455 g/mol. The number of carbonyl (C=O) groups excluding carboxylic acids is 1. The number of phenols is 1. The van der Waals surface area contributed by atoms with Crippen molar-refractivity contribution in [2.24, 2.45) is 0 Å². The minimum absolute atomic E-state index is 0.0127. The van der Waals surface area contributed by atoms with Crippen molar-refractivity contribution in [3.05, 3.63) is 47.7 Å². The lowest BCUT2D eigenvalue weighted by molar-refractivity contribution is -0.133. The zero-order valence-electron chi connectivity index (χ0n) is 18.1. The van der Waals surface area contributed by atoms with E-state index in [2.05, 4.69) is 15.3 Å². The predicted molar refractivity (Wildman–Crippen MR) is 125 cm³/mol. The Morgan fingerprint density at radius 2 is 2.16 bits per heavy atom. The molecule has 0 unspecified atom stereocenters. The number of amides is 1. The molecule has 1 amide bonds. The molecule has 1 aliphatic heterocycles. The molecule has 3 aromatic rings. The minimum Gasteiger partial charge on any atom is -0.506 e. The van der Waals surface area contributed by atoms with Gasteiger partial charge in [-0.25, -0.2) is 9.97 Å². The highest BCUT2D eigenvalue weighted by atomic mass is 35.5. The lowest BCUT2D eigenvalue weighted by Crippen LogP contribution is -2.43. The summed E-state index contributed by atoms with van der Waals surface area (Å²) in [6.45, 7) is 1.55. The Bertz CT molecular complexity index is 1120. The summed E-state index contributed by atoms with van der Waals surface area (Å²) in [6, 6.07) is 10.5. The van der Waals surface area contributed by atoms with E-state index < -0.39 is 0 Å². The quantitative estimate of drug-likeness (QED) is 0.525. The van der Waals surface area contributed by atoms with E-state index in [1.54, 1.807) is 12.1 Å². The molecule has 32 heavy (non-hydrogen) atoms. The number of likely N-dealkylation sites (N-methyl/N-ethyl adjacent to an activating group) is 1. The van der Waals surface area contributed by atoms with Gasteiger partial charge in [-0.1, -0.05) is 17.7 Å². The Hall–Kier alpha value is -3.10. The number of carbonyl (C=O) groups is 1. The van der Waals surface area contributed by atoms with Crippen LogP contribution in [-0.4, -0.2) is 70.6 Å². The van der Waals surface area contributed by atoms with E-state index in [0.29, 0.717) is 30.4 Å². The van der Waals surface area contributed by atoms with Crippen LogP contribution in [0.2, 0.25) is 5.02 Å². The fraction of sp³-hybridized carbons (Fsp3) is 0.348. The van der Waals surface area contributed by atoms with Crippen molar-refractivity contribution in [1.29, 1.82) is 0 Å². The number of anilines is 2. The predicted octanol–water partition coefficient (Wildman–Crippen LogP) is 3.66. The van der Waals surface area contributed by atoms with Gasteiger partial charge in [0.25, 0.3) is 0 Å². The van der Waals surface area contributed by atoms with Crippen molar-refractivity contribution in [3.63, 3.8) is 0 Å². The average molecular weight is 456 g/mol. The zero-order valence-corrected chi connectivity index (χ0v) is 18.8. The van der Waals surface area contributed by atoms with E-state index in [4.69, 9.17) is 16.3 Å². The van der Waals surface area contributed by atoms with Gasteiger partial charge in [0.2, 0.25) is 5.91 Å². The van der Waals surface area contributed by atoms with Crippen molar-refractivity contribution in [3.8, 4) is 11.5 Å². The molecule has 168 valence electrons. The smallest absolute Gasteiger partial charge is 0.237 e. The van der Waals surface area contributed by atoms with E-state index in [1.807, 2.05) is 42.1 Å². The second-order valence-electron chi connectivity index (χ2n) is 8.10. The molecule has 1 fully saturated rings. The first-order valence-corrected chi connectivity index (χ1v) is 10.9. The molecule has 9 heteroatoms. The zero-order chi connectivity index (χ0) is 22.7. The van der Waals surface area contributed by atoms with Gasteiger partial charge in [0.05, 0.1) is 28.5 Å². The largest absolute Gasteiger partial charge is 0.506 e. The number of nitrogens with zero attached hydrogens (tertiary/aromatic N) is 4. The number of halogens is 1. The van der Waals surface area contributed by atoms with E-state index in [1.165, 1.54) is 12.4 Å². The van der Waals surface area contributed by atoms with Gasteiger partial charge in [-0.3, -0.25) is 4.79 Å². The number of likely N-dealkylation sites (tertiary alicyclic amines) is 1. The molecular formula is C23H26ClN5O3. The maximum Gasteiger partial charge on any atom is 0.237 e. The van der Waals surface area contributed by atoms with Crippen molar-refractivity contribution in [2.45, 2.75) is 18.9 Å². The number of aromatic nitrogens is 2. The van der Waals surface area contributed by atoms with Gasteiger partial charge in [-0.2, -0.15) is 0 Å². The van der Waals surface area contributed by atoms with Gasteiger partial charge in [-0.15, -0.1) is 0 Å². The normalized spacial score (nSPS) is 16.0. The van der Waals surface area contributed by atoms with Crippen LogP contribution in [0.25, 0.3) is 10.9 Å². The Morgan fingerprint density at radius 3 is 2.94 bits per heavy atom. The number of rotatable bonds is 7. The highest BCUT2D eigenvalue weighted by molar-refractivity contribution is 6.32. The summed E-state index contributed by atoms with van der Waals surface area (Å²) >= 11 is 6.04. The van der Waals surface area contributed by atoms with Crippen molar-refractivity contribution in [2.75, 3.05) is 39.1 Å². The van der Waals surface area contributed by atoms with Crippen LogP contribution in [-0.2, 0) is 4.79 Å². The fourth-order valence-corrected chi connectivity index (χ4v) is 4.08. The lowest BCUT2D eigenvalue weighted by Gasteiger charge is -2.26. The highest BCUT2D eigenvalue weighted by Crippen LogP contribution is 2.34. The average Bonchev–Trinajstić information content (AvgIpc) is 3.23. The first-order chi connectivity index (χ1) is 15.4. The maximum absolute atomic E-state index is 12.6. The molecule has 2 heterocycles. The minimum atomic E-state index is 0.0127. The summed E-state index contributed by atoms with van der Waals surface area (Å²) in [5.41, 5.74) is 1.41. The molecule has 0 bridgehead atoms. The van der Waals surface area contributed by atoms with Gasteiger partial charge in [0.1, 0.15) is 30.3 Å². The van der Waals surface area contributed by atoms with Crippen LogP contribution in [0.4, 0.5) is 11.5 Å². The van der Waals surface area contributed by atoms with Gasteiger partial charge in [0, 0.05) is 12.2 Å². The molecule has 0 radical (unpaired) electrons. The highest BCUT2D eigenvalue weighted by Gasteiger charge is 2.29. The third-order valence-electron chi connectivity index (χ3n) is 5.42. The van der Waals surface area contributed by atoms with Gasteiger partial charge >= 0.3 is 0 Å². The van der Waals surface area contributed by atoms with Gasteiger partial charge < -0.3 is 25.0 Å². The molecule has 8 nitrogen and oxygen atoms in total. The molecule has 1 saturated heterocycles. The van der Waals surface area contributed by atoms with E-state index >= 15 is 0 Å². The Morgan fingerprint density at radius 1 is 1.31 bits per heavy atom. The lowest BCUT2D eigenvalue weighted by atomic mass is 10.2. The van der Waals surface area contributed by atoms with E-state index in [-0.39, 0.29) is 22.7 Å². The molecule has 0 aliphatic carbocycles. The number of fused-ring (bicyclic) bond motifs is 1. The molecule has 0 spiro atoms. The number of benzene rings is 2. The second-order valence-corrected chi connectivity index (χ2v) is 8.50. The number of hydrogen-bond acceptors (Lipinski definition) is 7. The summed E-state index contributed by atoms with van der Waals surface area (Å²) < 4.78 is 6.22. The van der Waals surface area contributed by atoms with Crippen LogP contribution < -0.4 is 10.1 Å².